The molecule has 1 aromatic carbocycles. The van der Waals surface area contributed by atoms with E-state index in [2.05, 4.69) is 10.0 Å². The zero-order valence-corrected chi connectivity index (χ0v) is 11.4. The lowest BCUT2D eigenvalue weighted by atomic mass is 10.3. The molecule has 0 saturated carbocycles. The monoisotopic (exact) mass is 303 g/mol. The highest BCUT2D eigenvalue weighted by atomic mass is 32.2. The summed E-state index contributed by atoms with van der Waals surface area (Å²) in [6.07, 6.45) is 0. The summed E-state index contributed by atoms with van der Waals surface area (Å²) in [4.78, 5) is 21.8. The van der Waals surface area contributed by atoms with E-state index in [0.717, 1.165) is 24.3 Å². The number of benzene rings is 1. The van der Waals surface area contributed by atoms with Gasteiger partial charge in [-0.1, -0.05) is 0 Å². The van der Waals surface area contributed by atoms with Crippen LogP contribution in [0.4, 0.5) is 4.39 Å². The Kier molecular flexibility index (Phi) is 5.17. The van der Waals surface area contributed by atoms with Crippen molar-refractivity contribution in [1.82, 2.24) is 10.0 Å². The first-order chi connectivity index (χ1) is 9.22. The van der Waals surface area contributed by atoms with E-state index in [0.29, 0.717) is 0 Å². The van der Waals surface area contributed by atoms with Crippen LogP contribution in [0.1, 0.15) is 6.92 Å². The lowest BCUT2D eigenvalue weighted by Gasteiger charge is -2.13. The Bertz CT molecular complexity index is 601. The molecule has 0 radical (unpaired) electrons. The van der Waals surface area contributed by atoms with Gasteiger partial charge in [0.05, 0.1) is 17.5 Å². The lowest BCUT2D eigenvalue weighted by Crippen LogP contribution is -2.46. The van der Waals surface area contributed by atoms with E-state index < -0.39 is 33.7 Å². The SMILES string of the molecule is C[C@H](NS(=O)(=O)c1ccc(F)cc1)C(=O)NCC(N)=O. The molecule has 0 unspecified atom stereocenters. The maximum absolute atomic E-state index is 12.7. The lowest BCUT2D eigenvalue weighted by molar-refractivity contribution is -0.125. The molecule has 0 fully saturated rings. The molecule has 0 aliphatic carbocycles. The second kappa shape index (κ2) is 6.44. The van der Waals surface area contributed by atoms with Gasteiger partial charge in [0.25, 0.3) is 0 Å². The van der Waals surface area contributed by atoms with Crippen LogP contribution in [0.3, 0.4) is 0 Å². The van der Waals surface area contributed by atoms with Gasteiger partial charge in [0, 0.05) is 0 Å². The average Bonchev–Trinajstić information content (AvgIpc) is 2.35. The molecule has 20 heavy (non-hydrogen) atoms. The van der Waals surface area contributed by atoms with E-state index in [1.807, 2.05) is 0 Å². The topological polar surface area (TPSA) is 118 Å². The number of primary amides is 1. The maximum atomic E-state index is 12.7. The van der Waals surface area contributed by atoms with Crippen molar-refractivity contribution in [2.45, 2.75) is 17.9 Å². The summed E-state index contributed by atoms with van der Waals surface area (Å²) in [5.41, 5.74) is 4.85. The first-order valence-electron chi connectivity index (χ1n) is 5.56. The molecule has 9 heteroatoms. The van der Waals surface area contributed by atoms with Crippen molar-refractivity contribution in [3.8, 4) is 0 Å². The van der Waals surface area contributed by atoms with Crippen LogP contribution in [0.15, 0.2) is 29.2 Å². The molecule has 7 nitrogen and oxygen atoms in total. The predicted octanol–water partition coefficient (Wildman–Crippen LogP) is -0.906. The van der Waals surface area contributed by atoms with Crippen molar-refractivity contribution >= 4 is 21.8 Å². The van der Waals surface area contributed by atoms with Crippen LogP contribution in [0.2, 0.25) is 0 Å². The van der Waals surface area contributed by atoms with Crippen LogP contribution in [0.25, 0.3) is 0 Å². The van der Waals surface area contributed by atoms with Gasteiger partial charge in [0.1, 0.15) is 5.82 Å². The minimum Gasteiger partial charge on any atom is -0.368 e. The van der Waals surface area contributed by atoms with Crippen LogP contribution < -0.4 is 15.8 Å². The molecule has 0 spiro atoms. The second-order valence-corrected chi connectivity index (χ2v) is 5.69. The minimum absolute atomic E-state index is 0.173. The molecule has 110 valence electrons. The molecule has 1 atom stereocenters. The van der Waals surface area contributed by atoms with Crippen molar-refractivity contribution in [3.63, 3.8) is 0 Å². The molecule has 0 aliphatic heterocycles. The van der Waals surface area contributed by atoms with Crippen LogP contribution in [0.5, 0.6) is 0 Å². The number of carbonyl (C=O) groups excluding carboxylic acids is 2. The summed E-state index contributed by atoms with van der Waals surface area (Å²) >= 11 is 0. The first-order valence-corrected chi connectivity index (χ1v) is 7.04. The third-order valence-electron chi connectivity index (χ3n) is 2.29. The Morgan fingerprint density at radius 1 is 1.30 bits per heavy atom. The molecular weight excluding hydrogens is 289 g/mol. The number of hydrogen-bond acceptors (Lipinski definition) is 4. The fraction of sp³-hybridized carbons (Fsp3) is 0.273. The molecule has 1 rings (SSSR count). The number of nitrogens with two attached hydrogens (primary N) is 1. The van der Waals surface area contributed by atoms with Crippen LogP contribution in [-0.2, 0) is 19.6 Å². The van der Waals surface area contributed by atoms with E-state index in [1.54, 1.807) is 0 Å². The summed E-state index contributed by atoms with van der Waals surface area (Å²) < 4.78 is 38.6. The largest absolute Gasteiger partial charge is 0.368 e. The van der Waals surface area contributed by atoms with Gasteiger partial charge in [-0.05, 0) is 31.2 Å². The number of nitrogens with one attached hydrogen (secondary N) is 2. The van der Waals surface area contributed by atoms with Gasteiger partial charge in [-0.2, -0.15) is 4.72 Å². The van der Waals surface area contributed by atoms with Gasteiger partial charge in [-0.15, -0.1) is 0 Å². The Labute approximate surface area is 115 Å². The number of rotatable bonds is 6. The normalized spacial score (nSPS) is 12.7. The van der Waals surface area contributed by atoms with Crippen LogP contribution in [0, 0.1) is 5.82 Å². The molecule has 4 N–H and O–H groups in total. The van der Waals surface area contributed by atoms with E-state index in [-0.39, 0.29) is 11.4 Å². The second-order valence-electron chi connectivity index (χ2n) is 3.98. The van der Waals surface area contributed by atoms with Crippen molar-refractivity contribution in [1.29, 1.82) is 0 Å². The molecule has 0 aliphatic rings. The van der Waals surface area contributed by atoms with Gasteiger partial charge >= 0.3 is 0 Å². The van der Waals surface area contributed by atoms with Crippen molar-refractivity contribution in [2.24, 2.45) is 5.73 Å². The van der Waals surface area contributed by atoms with E-state index in [9.17, 15) is 22.4 Å². The highest BCUT2D eigenvalue weighted by Crippen LogP contribution is 2.10. The molecular formula is C11H14FN3O4S. The fourth-order valence-corrected chi connectivity index (χ4v) is 2.50. The van der Waals surface area contributed by atoms with E-state index >= 15 is 0 Å². The Balaban J connectivity index is 2.73. The van der Waals surface area contributed by atoms with E-state index in [4.69, 9.17) is 5.73 Å². The minimum atomic E-state index is -3.95. The van der Waals surface area contributed by atoms with Gasteiger partial charge in [0.2, 0.25) is 21.8 Å². The zero-order chi connectivity index (χ0) is 15.3. The fourth-order valence-electron chi connectivity index (χ4n) is 1.30. The Hall–Kier alpha value is -2.00. The Morgan fingerprint density at radius 3 is 2.35 bits per heavy atom. The van der Waals surface area contributed by atoms with Crippen molar-refractivity contribution in [3.05, 3.63) is 30.1 Å². The smallest absolute Gasteiger partial charge is 0.241 e. The maximum Gasteiger partial charge on any atom is 0.241 e. The zero-order valence-electron chi connectivity index (χ0n) is 10.6. The van der Waals surface area contributed by atoms with Crippen molar-refractivity contribution < 1.29 is 22.4 Å². The standard InChI is InChI=1S/C11H14FN3O4S/c1-7(11(17)14-6-10(13)16)15-20(18,19)9-4-2-8(12)3-5-9/h2-5,7,15H,6H2,1H3,(H2,13,16)(H,14,17)/t7-/m0/s1. The van der Waals surface area contributed by atoms with Crippen LogP contribution >= 0.6 is 0 Å². The molecule has 0 heterocycles. The summed E-state index contributed by atoms with van der Waals surface area (Å²) in [6.45, 7) is 0.916. The number of carbonyl (C=O) groups is 2. The number of hydrogen-bond donors (Lipinski definition) is 3. The molecule has 0 saturated heterocycles. The molecule has 1 aromatic rings. The average molecular weight is 303 g/mol. The molecule has 0 aromatic heterocycles. The van der Waals surface area contributed by atoms with Gasteiger partial charge in [-0.3, -0.25) is 9.59 Å². The number of halogens is 1. The highest BCUT2D eigenvalue weighted by molar-refractivity contribution is 7.89. The van der Waals surface area contributed by atoms with Crippen LogP contribution in [-0.4, -0.2) is 32.8 Å². The summed E-state index contributed by atoms with van der Waals surface area (Å²) in [5, 5.41) is 2.16. The number of sulfonamides is 1. The van der Waals surface area contributed by atoms with Crippen molar-refractivity contribution in [2.75, 3.05) is 6.54 Å². The summed E-state index contributed by atoms with van der Waals surface area (Å²) in [5.74, 6) is -2.02. The number of amides is 2. The van der Waals surface area contributed by atoms with Gasteiger partial charge in [0.15, 0.2) is 0 Å². The summed E-state index contributed by atoms with van der Waals surface area (Å²) in [7, 11) is -3.95. The first kappa shape index (κ1) is 16.1. The predicted molar refractivity (Wildman–Crippen MR) is 68.4 cm³/mol. The molecule has 0 bridgehead atoms. The molecule has 2 amide bonds. The van der Waals surface area contributed by atoms with Gasteiger partial charge in [-0.25, -0.2) is 12.8 Å². The van der Waals surface area contributed by atoms with Gasteiger partial charge < -0.3 is 11.1 Å². The quantitative estimate of drug-likeness (QED) is 0.630. The third kappa shape index (κ3) is 4.59. The summed E-state index contributed by atoms with van der Waals surface area (Å²) in [6, 6.07) is 3.03. The highest BCUT2D eigenvalue weighted by Gasteiger charge is 2.22. The third-order valence-corrected chi connectivity index (χ3v) is 3.84. The van der Waals surface area contributed by atoms with E-state index in [1.165, 1.54) is 6.92 Å². The Morgan fingerprint density at radius 2 is 1.85 bits per heavy atom.